The van der Waals surface area contributed by atoms with Crippen molar-refractivity contribution in [3.8, 4) is 0 Å². The van der Waals surface area contributed by atoms with Gasteiger partial charge < -0.3 is 0 Å². The normalized spacial score (nSPS) is 18.7. The zero-order valence-corrected chi connectivity index (χ0v) is 13.6. The molecule has 1 saturated heterocycles. The number of hydrogen-bond acceptors (Lipinski definition) is 3. The van der Waals surface area contributed by atoms with Crippen molar-refractivity contribution in [1.82, 2.24) is 4.90 Å². The van der Waals surface area contributed by atoms with Crippen LogP contribution in [0, 0.1) is 0 Å². The molecule has 100 valence electrons. The van der Waals surface area contributed by atoms with Crippen molar-refractivity contribution in [2.45, 2.75) is 11.4 Å². The summed E-state index contributed by atoms with van der Waals surface area (Å²) in [4.78, 5) is 2.41. The Kier molecular flexibility index (Phi) is 6.69. The van der Waals surface area contributed by atoms with Gasteiger partial charge in [-0.3, -0.25) is 0 Å². The number of rotatable bonds is 6. The molecule has 0 saturated carbocycles. The quantitative estimate of drug-likeness (QED) is 0.699. The fraction of sp³-hybridized carbons (Fsp3) is 0.538. The average molecular weight is 379 g/mol. The molecule has 1 aliphatic rings. The zero-order chi connectivity index (χ0) is 12.6. The van der Waals surface area contributed by atoms with Crippen LogP contribution in [0.15, 0.2) is 30.3 Å². The van der Waals surface area contributed by atoms with Gasteiger partial charge in [0.15, 0.2) is 0 Å². The maximum absolute atomic E-state index is 5.42. The fourth-order valence-electron chi connectivity index (χ4n) is 1.88. The summed E-state index contributed by atoms with van der Waals surface area (Å²) in [5.74, 6) is 0. The molecule has 2 rings (SSSR count). The van der Waals surface area contributed by atoms with Crippen LogP contribution in [0.5, 0.6) is 0 Å². The topological polar surface area (TPSA) is 21.7 Å². The van der Waals surface area contributed by atoms with E-state index in [1.54, 1.807) is 0 Å². The van der Waals surface area contributed by atoms with Crippen molar-refractivity contribution < 1.29 is 8.57 Å². The minimum absolute atomic E-state index is 0.267. The Morgan fingerprint density at radius 3 is 2.67 bits per heavy atom. The van der Waals surface area contributed by atoms with Crippen molar-refractivity contribution in [3.63, 3.8) is 0 Å². The second-order valence-electron chi connectivity index (χ2n) is 4.25. The molecule has 1 atom stereocenters. The van der Waals surface area contributed by atoms with Crippen LogP contribution in [0.25, 0.3) is 0 Å². The molecule has 0 spiro atoms. The first-order valence-electron chi connectivity index (χ1n) is 6.14. The van der Waals surface area contributed by atoms with Crippen LogP contribution in [0.2, 0.25) is 5.32 Å². The molecule has 1 unspecified atom stereocenters. The van der Waals surface area contributed by atoms with Crippen LogP contribution >= 0.6 is 16.3 Å². The van der Waals surface area contributed by atoms with Crippen LogP contribution in [-0.2, 0) is 8.57 Å². The molecule has 1 aromatic carbocycles. The summed E-state index contributed by atoms with van der Waals surface area (Å²) in [7, 11) is 0. The van der Waals surface area contributed by atoms with Gasteiger partial charge in [-0.15, -0.1) is 0 Å². The number of ether oxygens (including phenoxy) is 1. The van der Waals surface area contributed by atoms with Gasteiger partial charge in [0.05, 0.1) is 0 Å². The van der Waals surface area contributed by atoms with Crippen LogP contribution in [0.3, 0.4) is 0 Å². The molecule has 3 nitrogen and oxygen atoms in total. The van der Waals surface area contributed by atoms with Crippen molar-refractivity contribution in [1.29, 1.82) is 0 Å². The Hall–Kier alpha value is 0.0995. The Morgan fingerprint density at radius 2 is 2.00 bits per heavy atom. The molecule has 5 heteroatoms. The third-order valence-electron chi connectivity index (χ3n) is 2.87. The third-order valence-corrected chi connectivity index (χ3v) is 5.80. The van der Waals surface area contributed by atoms with E-state index in [0.717, 1.165) is 38.2 Å². The molecule has 0 amide bonds. The van der Waals surface area contributed by atoms with Gasteiger partial charge in [0.25, 0.3) is 0 Å². The minimum atomic E-state index is 0.267. The number of halogens is 1. The molecule has 0 bridgehead atoms. The van der Waals surface area contributed by atoms with E-state index in [2.05, 4.69) is 51.5 Å². The standard InChI is InChI=1S/C13H18BrNO2Se/c14-17-12(10-15-6-8-16-9-7-15)11-18-13-4-2-1-3-5-13/h1-5,12H,6-11H2. The molecule has 1 fully saturated rings. The Labute approximate surface area is 123 Å². The van der Waals surface area contributed by atoms with Gasteiger partial charge in [-0.25, -0.2) is 0 Å². The molecule has 18 heavy (non-hydrogen) atoms. The van der Waals surface area contributed by atoms with Gasteiger partial charge in [-0.1, -0.05) is 0 Å². The Morgan fingerprint density at radius 1 is 1.28 bits per heavy atom. The van der Waals surface area contributed by atoms with Crippen LogP contribution in [0.4, 0.5) is 0 Å². The van der Waals surface area contributed by atoms with E-state index in [0.29, 0.717) is 15.0 Å². The van der Waals surface area contributed by atoms with E-state index in [-0.39, 0.29) is 6.10 Å². The summed E-state index contributed by atoms with van der Waals surface area (Å²) in [5.41, 5.74) is 0. The van der Waals surface area contributed by atoms with Gasteiger partial charge in [0, 0.05) is 0 Å². The predicted molar refractivity (Wildman–Crippen MR) is 77.7 cm³/mol. The van der Waals surface area contributed by atoms with Crippen molar-refractivity contribution in [2.75, 3.05) is 32.8 Å². The van der Waals surface area contributed by atoms with Gasteiger partial charge >= 0.3 is 124 Å². The summed E-state index contributed by atoms with van der Waals surface area (Å²) < 4.78 is 12.2. The molecule has 0 aliphatic carbocycles. The third kappa shape index (κ3) is 5.00. The first kappa shape index (κ1) is 14.5. The molecule has 0 N–H and O–H groups in total. The molecule has 0 aromatic heterocycles. The van der Waals surface area contributed by atoms with E-state index < -0.39 is 0 Å². The van der Waals surface area contributed by atoms with E-state index in [4.69, 9.17) is 8.57 Å². The van der Waals surface area contributed by atoms with Gasteiger partial charge in [0.1, 0.15) is 0 Å². The molecular weight excluding hydrogens is 361 g/mol. The maximum atomic E-state index is 5.42. The van der Waals surface area contributed by atoms with Gasteiger partial charge in [-0.2, -0.15) is 0 Å². The molecule has 1 heterocycles. The first-order chi connectivity index (χ1) is 8.88. The molecule has 0 radical (unpaired) electrons. The fourth-order valence-corrected chi connectivity index (χ4v) is 4.42. The first-order valence-corrected chi connectivity index (χ1v) is 8.85. The van der Waals surface area contributed by atoms with Crippen LogP contribution < -0.4 is 4.46 Å². The monoisotopic (exact) mass is 379 g/mol. The van der Waals surface area contributed by atoms with Gasteiger partial charge in [-0.05, 0) is 0 Å². The SMILES string of the molecule is BrOC(C[Se]c1ccccc1)CN1CCOCC1. The summed E-state index contributed by atoms with van der Waals surface area (Å²) in [6.07, 6.45) is 0.267. The number of nitrogens with zero attached hydrogens (tertiary/aromatic N) is 1. The van der Waals surface area contributed by atoms with Crippen LogP contribution in [-0.4, -0.2) is 58.8 Å². The molecular formula is C13H18BrNO2Se. The summed E-state index contributed by atoms with van der Waals surface area (Å²) >= 11 is 3.65. The second-order valence-corrected chi connectivity index (χ2v) is 6.92. The summed E-state index contributed by atoms with van der Waals surface area (Å²) in [5, 5.41) is 1.10. The van der Waals surface area contributed by atoms with Gasteiger partial charge in [0.2, 0.25) is 0 Å². The van der Waals surface area contributed by atoms with E-state index >= 15 is 0 Å². The van der Waals surface area contributed by atoms with E-state index in [1.807, 2.05) is 0 Å². The van der Waals surface area contributed by atoms with E-state index in [9.17, 15) is 0 Å². The predicted octanol–water partition coefficient (Wildman–Crippen LogP) is 1.46. The zero-order valence-electron chi connectivity index (χ0n) is 10.3. The second kappa shape index (κ2) is 8.31. The van der Waals surface area contributed by atoms with E-state index in [1.165, 1.54) is 4.46 Å². The molecule has 1 aliphatic heterocycles. The molecule has 1 aromatic rings. The van der Waals surface area contributed by atoms with Crippen molar-refractivity contribution in [2.24, 2.45) is 0 Å². The average Bonchev–Trinajstić information content (AvgIpc) is 2.45. The summed E-state index contributed by atoms with van der Waals surface area (Å²) in [6.45, 7) is 4.72. The Balaban J connectivity index is 1.74. The number of hydrogen-bond donors (Lipinski definition) is 0. The Bertz CT molecular complexity index is 333. The van der Waals surface area contributed by atoms with Crippen molar-refractivity contribution in [3.05, 3.63) is 30.3 Å². The number of benzene rings is 1. The van der Waals surface area contributed by atoms with Crippen LogP contribution in [0.1, 0.15) is 0 Å². The number of morpholine rings is 1. The van der Waals surface area contributed by atoms with Crippen molar-refractivity contribution >= 4 is 35.7 Å². The summed E-state index contributed by atoms with van der Waals surface area (Å²) in [6, 6.07) is 10.7.